The lowest BCUT2D eigenvalue weighted by molar-refractivity contribution is 0.0693. The van der Waals surface area contributed by atoms with E-state index >= 15 is 0 Å². The molecule has 0 saturated carbocycles. The van der Waals surface area contributed by atoms with E-state index in [9.17, 15) is 19.5 Å². The number of aromatic carboxylic acids is 1. The van der Waals surface area contributed by atoms with Crippen LogP contribution in [0.1, 0.15) is 31.8 Å². The standard InChI is InChI=1S/C19H14O6/c1-11-8-17(21)25-18-13(11)6-7-16(15(18)9-20)24-10-12-4-2-3-5-14(12)19(22)23/h2-9H,10H2,1H3,(H,22,23). The molecule has 126 valence electrons. The average Bonchev–Trinajstić information content (AvgIpc) is 2.59. The van der Waals surface area contributed by atoms with Gasteiger partial charge < -0.3 is 14.3 Å². The summed E-state index contributed by atoms with van der Waals surface area (Å²) < 4.78 is 10.8. The van der Waals surface area contributed by atoms with Crippen LogP contribution in [0.3, 0.4) is 0 Å². The summed E-state index contributed by atoms with van der Waals surface area (Å²) in [6.07, 6.45) is 0.559. The van der Waals surface area contributed by atoms with Crippen LogP contribution in [0.4, 0.5) is 0 Å². The molecule has 0 saturated heterocycles. The molecule has 0 radical (unpaired) electrons. The minimum absolute atomic E-state index is 0.0368. The summed E-state index contributed by atoms with van der Waals surface area (Å²) in [6, 6.07) is 11.1. The number of carbonyl (C=O) groups is 2. The van der Waals surface area contributed by atoms with Crippen LogP contribution in [0.5, 0.6) is 5.75 Å². The summed E-state index contributed by atoms with van der Waals surface area (Å²) in [6.45, 7) is 1.71. The van der Waals surface area contributed by atoms with Crippen LogP contribution in [-0.2, 0) is 6.61 Å². The first-order valence-corrected chi connectivity index (χ1v) is 7.48. The van der Waals surface area contributed by atoms with Crippen molar-refractivity contribution >= 4 is 23.2 Å². The number of aryl methyl sites for hydroxylation is 1. The maximum atomic E-state index is 11.6. The number of aldehydes is 1. The first kappa shape index (κ1) is 16.4. The van der Waals surface area contributed by atoms with Gasteiger partial charge in [0.2, 0.25) is 0 Å². The maximum absolute atomic E-state index is 11.6. The molecule has 0 unspecified atom stereocenters. The van der Waals surface area contributed by atoms with Crippen molar-refractivity contribution in [2.45, 2.75) is 13.5 Å². The Labute approximate surface area is 142 Å². The molecule has 0 aliphatic rings. The molecule has 1 heterocycles. The van der Waals surface area contributed by atoms with Crippen molar-refractivity contribution in [1.82, 2.24) is 0 Å². The van der Waals surface area contributed by atoms with Gasteiger partial charge >= 0.3 is 11.6 Å². The lowest BCUT2D eigenvalue weighted by Gasteiger charge is -2.12. The number of rotatable bonds is 5. The Balaban J connectivity index is 2.02. The van der Waals surface area contributed by atoms with E-state index < -0.39 is 11.6 Å². The Kier molecular flexibility index (Phi) is 4.35. The van der Waals surface area contributed by atoms with Crippen LogP contribution < -0.4 is 10.4 Å². The number of hydrogen-bond donors (Lipinski definition) is 1. The van der Waals surface area contributed by atoms with Gasteiger partial charge in [-0.05, 0) is 30.7 Å². The zero-order chi connectivity index (χ0) is 18.0. The maximum Gasteiger partial charge on any atom is 0.336 e. The summed E-state index contributed by atoms with van der Waals surface area (Å²) >= 11 is 0. The normalized spacial score (nSPS) is 10.6. The topological polar surface area (TPSA) is 93.8 Å². The highest BCUT2D eigenvalue weighted by atomic mass is 16.5. The summed E-state index contributed by atoms with van der Waals surface area (Å²) in [4.78, 5) is 34.4. The van der Waals surface area contributed by atoms with Gasteiger partial charge in [-0.25, -0.2) is 9.59 Å². The minimum atomic E-state index is -1.06. The number of carboxylic acid groups (broad SMARTS) is 1. The second-order valence-corrected chi connectivity index (χ2v) is 5.47. The van der Waals surface area contributed by atoms with Crippen molar-refractivity contribution in [3.8, 4) is 5.75 Å². The Morgan fingerprint density at radius 2 is 2.00 bits per heavy atom. The molecule has 3 aromatic rings. The van der Waals surface area contributed by atoms with Crippen molar-refractivity contribution in [3.63, 3.8) is 0 Å². The predicted octanol–water partition coefficient (Wildman–Crippen LogP) is 3.19. The Morgan fingerprint density at radius 1 is 1.24 bits per heavy atom. The van der Waals surface area contributed by atoms with Crippen LogP contribution >= 0.6 is 0 Å². The quantitative estimate of drug-likeness (QED) is 0.567. The largest absolute Gasteiger partial charge is 0.488 e. The van der Waals surface area contributed by atoms with Gasteiger partial charge in [0.15, 0.2) is 11.9 Å². The van der Waals surface area contributed by atoms with Crippen LogP contribution in [0.25, 0.3) is 11.0 Å². The third kappa shape index (κ3) is 3.14. The molecule has 1 N–H and O–H groups in total. The van der Waals surface area contributed by atoms with E-state index in [1.54, 1.807) is 37.3 Å². The van der Waals surface area contributed by atoms with Gasteiger partial charge in [0.05, 0.1) is 11.1 Å². The van der Waals surface area contributed by atoms with Crippen molar-refractivity contribution in [3.05, 3.63) is 75.1 Å². The number of fused-ring (bicyclic) bond motifs is 1. The molecule has 1 aromatic heterocycles. The van der Waals surface area contributed by atoms with E-state index in [0.29, 0.717) is 22.8 Å². The third-order valence-corrected chi connectivity index (χ3v) is 3.87. The molecule has 0 spiro atoms. The van der Waals surface area contributed by atoms with E-state index in [0.717, 1.165) is 0 Å². The molecule has 6 heteroatoms. The molecule has 0 aliphatic carbocycles. The van der Waals surface area contributed by atoms with Gasteiger partial charge in [0.25, 0.3) is 0 Å². The Morgan fingerprint density at radius 3 is 2.72 bits per heavy atom. The van der Waals surface area contributed by atoms with Crippen molar-refractivity contribution < 1.29 is 23.8 Å². The van der Waals surface area contributed by atoms with E-state index in [4.69, 9.17) is 9.15 Å². The van der Waals surface area contributed by atoms with Crippen molar-refractivity contribution in [1.29, 1.82) is 0 Å². The summed E-state index contributed by atoms with van der Waals surface area (Å²) in [7, 11) is 0. The van der Waals surface area contributed by atoms with Gasteiger partial charge in [-0.1, -0.05) is 18.2 Å². The number of benzene rings is 2. The molecule has 0 bridgehead atoms. The lowest BCUT2D eigenvalue weighted by Crippen LogP contribution is -2.07. The van der Waals surface area contributed by atoms with Gasteiger partial charge in [-0.3, -0.25) is 4.79 Å². The van der Waals surface area contributed by atoms with Crippen LogP contribution in [0, 0.1) is 6.92 Å². The summed E-state index contributed by atoms with van der Waals surface area (Å²) in [5.41, 5.74) is 1.00. The molecule has 0 aliphatic heterocycles. The average molecular weight is 338 g/mol. The number of ether oxygens (including phenoxy) is 1. The third-order valence-electron chi connectivity index (χ3n) is 3.87. The first-order chi connectivity index (χ1) is 12.0. The summed E-state index contributed by atoms with van der Waals surface area (Å²) in [5, 5.41) is 9.84. The fourth-order valence-corrected chi connectivity index (χ4v) is 2.63. The molecule has 0 fully saturated rings. The highest BCUT2D eigenvalue weighted by molar-refractivity contribution is 5.98. The smallest absolute Gasteiger partial charge is 0.336 e. The van der Waals surface area contributed by atoms with Gasteiger partial charge in [-0.2, -0.15) is 0 Å². The van der Waals surface area contributed by atoms with E-state index in [1.165, 1.54) is 12.1 Å². The Hall–Kier alpha value is -3.41. The fraction of sp³-hybridized carbons (Fsp3) is 0.105. The summed E-state index contributed by atoms with van der Waals surface area (Å²) in [5.74, 6) is -0.841. The van der Waals surface area contributed by atoms with Crippen LogP contribution in [0.2, 0.25) is 0 Å². The fourth-order valence-electron chi connectivity index (χ4n) is 2.63. The molecule has 0 amide bonds. The van der Waals surface area contributed by atoms with Crippen LogP contribution in [0.15, 0.2) is 51.7 Å². The molecule has 0 atom stereocenters. The zero-order valence-corrected chi connectivity index (χ0v) is 13.3. The monoisotopic (exact) mass is 338 g/mol. The molecule has 2 aromatic carbocycles. The zero-order valence-electron chi connectivity index (χ0n) is 13.3. The Bertz CT molecular complexity index is 1030. The highest BCUT2D eigenvalue weighted by Crippen LogP contribution is 2.28. The second-order valence-electron chi connectivity index (χ2n) is 5.47. The molecular weight excluding hydrogens is 324 g/mol. The second kappa shape index (κ2) is 6.60. The van der Waals surface area contributed by atoms with E-state index in [-0.39, 0.29) is 29.1 Å². The van der Waals surface area contributed by atoms with Crippen molar-refractivity contribution in [2.75, 3.05) is 0 Å². The van der Waals surface area contributed by atoms with E-state index in [2.05, 4.69) is 0 Å². The predicted molar refractivity (Wildman–Crippen MR) is 90.3 cm³/mol. The lowest BCUT2D eigenvalue weighted by atomic mass is 10.1. The molecule has 6 nitrogen and oxygen atoms in total. The van der Waals surface area contributed by atoms with Gasteiger partial charge in [0, 0.05) is 17.0 Å². The van der Waals surface area contributed by atoms with Gasteiger partial charge in [-0.15, -0.1) is 0 Å². The number of hydrogen-bond acceptors (Lipinski definition) is 5. The molecule has 25 heavy (non-hydrogen) atoms. The molecular formula is C19H14O6. The highest BCUT2D eigenvalue weighted by Gasteiger charge is 2.15. The number of carboxylic acids is 1. The van der Waals surface area contributed by atoms with Crippen LogP contribution in [-0.4, -0.2) is 17.4 Å². The first-order valence-electron chi connectivity index (χ1n) is 7.48. The number of carbonyl (C=O) groups excluding carboxylic acids is 1. The van der Waals surface area contributed by atoms with Gasteiger partial charge in [0.1, 0.15) is 12.4 Å². The molecule has 3 rings (SSSR count). The van der Waals surface area contributed by atoms with E-state index in [1.807, 2.05) is 0 Å². The SMILES string of the molecule is Cc1cc(=O)oc2c(C=O)c(OCc3ccccc3C(=O)O)ccc12. The minimum Gasteiger partial charge on any atom is -0.488 e. The van der Waals surface area contributed by atoms with Crippen molar-refractivity contribution in [2.24, 2.45) is 0 Å².